The normalized spacial score (nSPS) is 45.1. The lowest BCUT2D eigenvalue weighted by Gasteiger charge is -2.31. The molecule has 0 aliphatic heterocycles. The maximum Gasteiger partial charge on any atom is 0.140 e. The highest BCUT2D eigenvalue weighted by Gasteiger charge is 2.60. The van der Waals surface area contributed by atoms with Crippen LogP contribution in [0.2, 0.25) is 0 Å². The third kappa shape index (κ3) is 1.11. The van der Waals surface area contributed by atoms with Crippen LogP contribution >= 0.6 is 0 Å². The Balaban J connectivity index is 2.05. The Morgan fingerprint density at radius 2 is 1.93 bits per heavy atom. The van der Waals surface area contributed by atoms with Crippen molar-refractivity contribution in [1.29, 1.82) is 0 Å². The van der Waals surface area contributed by atoms with Crippen molar-refractivity contribution in [3.05, 3.63) is 0 Å². The highest BCUT2D eigenvalue weighted by Crippen LogP contribution is 2.59. The fraction of sp³-hybridized carbons (Fsp3) is 0.846. The van der Waals surface area contributed by atoms with E-state index < -0.39 is 0 Å². The molecule has 0 radical (unpaired) electrons. The van der Waals surface area contributed by atoms with E-state index in [0.717, 1.165) is 44.9 Å². The first-order chi connectivity index (χ1) is 7.25. The first kappa shape index (κ1) is 9.56. The summed E-state index contributed by atoms with van der Waals surface area (Å²) in [6, 6.07) is 0. The number of ketones is 2. The van der Waals surface area contributed by atoms with Crippen molar-refractivity contribution in [1.82, 2.24) is 0 Å². The van der Waals surface area contributed by atoms with Crippen molar-refractivity contribution >= 4 is 11.6 Å². The third-order valence-corrected chi connectivity index (χ3v) is 5.00. The van der Waals surface area contributed by atoms with Gasteiger partial charge in [-0.2, -0.15) is 0 Å². The molecule has 0 N–H and O–H groups in total. The molecule has 0 bridgehead atoms. The van der Waals surface area contributed by atoms with Gasteiger partial charge < -0.3 is 0 Å². The first-order valence-corrected chi connectivity index (χ1v) is 6.31. The number of hydrogen-bond donors (Lipinski definition) is 0. The van der Waals surface area contributed by atoms with Crippen molar-refractivity contribution in [3.8, 4) is 0 Å². The molecule has 0 aromatic heterocycles. The SMILES string of the molecule is O=C1C[C@H]2CCCCC(=O)[C@]23CCC[C@H]13. The molecule has 0 unspecified atom stereocenters. The zero-order chi connectivity index (χ0) is 10.5. The smallest absolute Gasteiger partial charge is 0.140 e. The monoisotopic (exact) mass is 206 g/mol. The fourth-order valence-corrected chi connectivity index (χ4v) is 4.36. The minimum atomic E-state index is -0.173. The summed E-state index contributed by atoms with van der Waals surface area (Å²) < 4.78 is 0. The van der Waals surface area contributed by atoms with Gasteiger partial charge in [0.25, 0.3) is 0 Å². The molecule has 3 fully saturated rings. The van der Waals surface area contributed by atoms with Gasteiger partial charge >= 0.3 is 0 Å². The van der Waals surface area contributed by atoms with E-state index in [0.29, 0.717) is 23.9 Å². The van der Waals surface area contributed by atoms with Crippen molar-refractivity contribution in [2.24, 2.45) is 17.3 Å². The molecule has 0 heterocycles. The van der Waals surface area contributed by atoms with Gasteiger partial charge in [-0.05, 0) is 31.6 Å². The van der Waals surface area contributed by atoms with Gasteiger partial charge in [0.15, 0.2) is 0 Å². The van der Waals surface area contributed by atoms with E-state index in [1.807, 2.05) is 0 Å². The van der Waals surface area contributed by atoms with Gasteiger partial charge in [0.05, 0.1) is 0 Å². The van der Waals surface area contributed by atoms with Crippen LogP contribution < -0.4 is 0 Å². The molecule has 3 atom stereocenters. The Kier molecular flexibility index (Phi) is 2.02. The van der Waals surface area contributed by atoms with E-state index in [2.05, 4.69) is 0 Å². The minimum Gasteiger partial charge on any atom is -0.299 e. The van der Waals surface area contributed by atoms with Gasteiger partial charge in [0, 0.05) is 24.2 Å². The molecule has 3 rings (SSSR count). The van der Waals surface area contributed by atoms with Crippen LogP contribution in [-0.2, 0) is 9.59 Å². The highest BCUT2D eigenvalue weighted by molar-refractivity contribution is 5.97. The van der Waals surface area contributed by atoms with Crippen LogP contribution in [0.5, 0.6) is 0 Å². The molecular formula is C13H18O2. The Morgan fingerprint density at radius 1 is 1.07 bits per heavy atom. The summed E-state index contributed by atoms with van der Waals surface area (Å²) in [5.41, 5.74) is -0.173. The summed E-state index contributed by atoms with van der Waals surface area (Å²) in [6.07, 6.45) is 7.85. The lowest BCUT2D eigenvalue weighted by molar-refractivity contribution is -0.134. The van der Waals surface area contributed by atoms with Crippen LogP contribution in [0.3, 0.4) is 0 Å². The van der Waals surface area contributed by atoms with Gasteiger partial charge in [-0.25, -0.2) is 0 Å². The molecule has 1 spiro atoms. The molecule has 3 aliphatic carbocycles. The second-order valence-corrected chi connectivity index (χ2v) is 5.52. The summed E-state index contributed by atoms with van der Waals surface area (Å²) in [5, 5.41) is 0. The van der Waals surface area contributed by atoms with Crippen LogP contribution in [0.1, 0.15) is 51.4 Å². The van der Waals surface area contributed by atoms with Crippen LogP contribution in [0.4, 0.5) is 0 Å². The zero-order valence-corrected chi connectivity index (χ0v) is 9.13. The minimum absolute atomic E-state index is 0.119. The predicted molar refractivity (Wildman–Crippen MR) is 56.4 cm³/mol. The molecule has 0 amide bonds. The predicted octanol–water partition coefficient (Wildman–Crippen LogP) is 2.51. The summed E-state index contributed by atoms with van der Waals surface area (Å²) in [5.74, 6) is 1.35. The topological polar surface area (TPSA) is 34.1 Å². The maximum absolute atomic E-state index is 12.3. The standard InChI is InChI=1S/C13H18O2/c14-11-8-9-4-1-2-6-12(15)13(9)7-3-5-10(11)13/h9-10H,1-8H2/t9-,10-,13-/m1/s1. The van der Waals surface area contributed by atoms with E-state index in [4.69, 9.17) is 0 Å². The Morgan fingerprint density at radius 3 is 2.80 bits per heavy atom. The van der Waals surface area contributed by atoms with Gasteiger partial charge in [0.2, 0.25) is 0 Å². The third-order valence-electron chi connectivity index (χ3n) is 5.00. The largest absolute Gasteiger partial charge is 0.299 e. The maximum atomic E-state index is 12.3. The lowest BCUT2D eigenvalue weighted by atomic mass is 9.69. The summed E-state index contributed by atoms with van der Waals surface area (Å²) >= 11 is 0. The molecule has 0 saturated heterocycles. The fourth-order valence-electron chi connectivity index (χ4n) is 4.36. The molecule has 0 aromatic rings. The second-order valence-electron chi connectivity index (χ2n) is 5.52. The van der Waals surface area contributed by atoms with Gasteiger partial charge in [0.1, 0.15) is 11.6 Å². The van der Waals surface area contributed by atoms with Crippen molar-refractivity contribution in [2.45, 2.75) is 51.4 Å². The van der Waals surface area contributed by atoms with Crippen molar-refractivity contribution in [2.75, 3.05) is 0 Å². The van der Waals surface area contributed by atoms with Gasteiger partial charge in [-0.15, -0.1) is 0 Å². The van der Waals surface area contributed by atoms with E-state index in [1.165, 1.54) is 0 Å². The average molecular weight is 206 g/mol. The number of rotatable bonds is 0. The first-order valence-electron chi connectivity index (χ1n) is 6.31. The average Bonchev–Trinajstić information content (AvgIpc) is 2.70. The van der Waals surface area contributed by atoms with Gasteiger partial charge in [-0.3, -0.25) is 9.59 Å². The van der Waals surface area contributed by atoms with E-state index in [1.54, 1.807) is 0 Å². The van der Waals surface area contributed by atoms with E-state index in [9.17, 15) is 9.59 Å². The quantitative estimate of drug-likeness (QED) is 0.610. The summed E-state index contributed by atoms with van der Waals surface area (Å²) in [7, 11) is 0. The molecule has 2 nitrogen and oxygen atoms in total. The van der Waals surface area contributed by atoms with E-state index in [-0.39, 0.29) is 11.3 Å². The molecule has 82 valence electrons. The number of Topliss-reactive ketones (excluding diaryl/α,β-unsaturated/α-hetero) is 2. The molecule has 3 aliphatic rings. The number of carbonyl (C=O) groups is 2. The second kappa shape index (κ2) is 3.16. The van der Waals surface area contributed by atoms with Crippen LogP contribution in [-0.4, -0.2) is 11.6 Å². The van der Waals surface area contributed by atoms with Gasteiger partial charge in [-0.1, -0.05) is 12.8 Å². The number of hydrogen-bond acceptors (Lipinski definition) is 2. The zero-order valence-electron chi connectivity index (χ0n) is 9.13. The molecule has 2 heteroatoms. The van der Waals surface area contributed by atoms with Crippen LogP contribution in [0.15, 0.2) is 0 Å². The molecule has 15 heavy (non-hydrogen) atoms. The lowest BCUT2D eigenvalue weighted by Crippen LogP contribution is -2.36. The van der Waals surface area contributed by atoms with Crippen LogP contribution in [0, 0.1) is 17.3 Å². The molecule has 3 saturated carbocycles. The Labute approximate surface area is 90.4 Å². The van der Waals surface area contributed by atoms with Crippen molar-refractivity contribution in [3.63, 3.8) is 0 Å². The van der Waals surface area contributed by atoms with E-state index >= 15 is 0 Å². The highest BCUT2D eigenvalue weighted by atomic mass is 16.1. The summed E-state index contributed by atoms with van der Waals surface area (Å²) in [4.78, 5) is 24.2. The van der Waals surface area contributed by atoms with Crippen molar-refractivity contribution < 1.29 is 9.59 Å². The molecular weight excluding hydrogens is 188 g/mol. The Bertz CT molecular complexity index is 320. The number of carbonyl (C=O) groups excluding carboxylic acids is 2. The van der Waals surface area contributed by atoms with Crippen LogP contribution in [0.25, 0.3) is 0 Å². The summed E-state index contributed by atoms with van der Waals surface area (Å²) in [6.45, 7) is 0. The molecule has 0 aromatic carbocycles. The Hall–Kier alpha value is -0.660.